The van der Waals surface area contributed by atoms with Crippen molar-refractivity contribution >= 4 is 45.4 Å². The molecule has 0 aliphatic carbocycles. The van der Waals surface area contributed by atoms with Crippen molar-refractivity contribution in [2.24, 2.45) is 5.41 Å². The van der Waals surface area contributed by atoms with Crippen molar-refractivity contribution in [1.82, 2.24) is 4.90 Å². The minimum Gasteiger partial charge on any atom is -0.298 e. The van der Waals surface area contributed by atoms with E-state index in [2.05, 4.69) is 68.8 Å². The summed E-state index contributed by atoms with van der Waals surface area (Å²) >= 11 is 7.92. The lowest BCUT2D eigenvalue weighted by Gasteiger charge is -2.14. The first-order valence-electron chi connectivity index (χ1n) is 7.37. The highest BCUT2D eigenvalue weighted by Gasteiger charge is 2.07. The zero-order valence-corrected chi connectivity index (χ0v) is 16.4. The van der Waals surface area contributed by atoms with E-state index in [1.165, 1.54) is 10.3 Å². The van der Waals surface area contributed by atoms with Crippen LogP contribution in [0, 0.1) is 17.3 Å². The molecule has 0 spiro atoms. The fourth-order valence-corrected chi connectivity index (χ4v) is 3.40. The van der Waals surface area contributed by atoms with Crippen LogP contribution < -0.4 is 0 Å². The Balaban J connectivity index is 0.00000264. The first-order chi connectivity index (χ1) is 10.4. The van der Waals surface area contributed by atoms with E-state index in [0.29, 0.717) is 0 Å². The van der Waals surface area contributed by atoms with E-state index in [-0.39, 0.29) is 17.8 Å². The van der Waals surface area contributed by atoms with Gasteiger partial charge < -0.3 is 0 Å². The number of hydrogen-bond donors (Lipinski definition) is 0. The molecular weight excluding hydrogens is 345 g/mol. The van der Waals surface area contributed by atoms with Crippen LogP contribution in [0.2, 0.25) is 5.02 Å². The summed E-state index contributed by atoms with van der Waals surface area (Å²) < 4.78 is 1.29. The van der Waals surface area contributed by atoms with Gasteiger partial charge in [0.25, 0.3) is 0 Å². The molecule has 0 saturated carbocycles. The molecule has 1 nitrogen and oxygen atoms in total. The van der Waals surface area contributed by atoms with Crippen LogP contribution in [0.15, 0.2) is 35.7 Å². The molecule has 1 heterocycles. The van der Waals surface area contributed by atoms with Crippen molar-refractivity contribution in [3.05, 3.63) is 46.3 Å². The first kappa shape index (κ1) is 20.1. The minimum absolute atomic E-state index is 0. The van der Waals surface area contributed by atoms with Crippen LogP contribution in [0.3, 0.4) is 0 Å². The average molecular weight is 368 g/mol. The molecule has 0 N–H and O–H groups in total. The molecule has 0 radical (unpaired) electrons. The predicted octanol–water partition coefficient (Wildman–Crippen LogP) is 6.01. The van der Waals surface area contributed by atoms with Crippen molar-refractivity contribution in [3.8, 4) is 11.8 Å². The molecule has 1 aromatic heterocycles. The molecule has 4 heteroatoms. The maximum absolute atomic E-state index is 6.21. The average Bonchev–Trinajstić information content (AvgIpc) is 2.80. The van der Waals surface area contributed by atoms with Crippen LogP contribution in [0.5, 0.6) is 0 Å². The van der Waals surface area contributed by atoms with Crippen LogP contribution in [0.1, 0.15) is 26.3 Å². The topological polar surface area (TPSA) is 3.24 Å². The molecule has 124 valence electrons. The first-order valence-corrected chi connectivity index (χ1v) is 8.63. The Morgan fingerprint density at radius 2 is 2.04 bits per heavy atom. The van der Waals surface area contributed by atoms with Gasteiger partial charge in [-0.2, -0.15) is 0 Å². The van der Waals surface area contributed by atoms with Crippen molar-refractivity contribution < 1.29 is 0 Å². The summed E-state index contributed by atoms with van der Waals surface area (Å²) in [6.07, 6.45) is 4.06. The van der Waals surface area contributed by atoms with E-state index in [9.17, 15) is 0 Å². The maximum atomic E-state index is 6.21. The van der Waals surface area contributed by atoms with Crippen molar-refractivity contribution in [3.63, 3.8) is 0 Å². The SMILES string of the molecule is CN(CC=CC#CC(C)(C)C)Cc1cccc2c(Cl)csc12.Cl. The zero-order chi connectivity index (χ0) is 16.2. The molecule has 0 aliphatic rings. The van der Waals surface area contributed by atoms with E-state index >= 15 is 0 Å². The van der Waals surface area contributed by atoms with Gasteiger partial charge in [0.1, 0.15) is 0 Å². The molecule has 23 heavy (non-hydrogen) atoms. The third-order valence-electron chi connectivity index (χ3n) is 3.14. The summed E-state index contributed by atoms with van der Waals surface area (Å²) in [6, 6.07) is 6.34. The number of nitrogens with zero attached hydrogens (tertiary/aromatic N) is 1. The van der Waals surface area contributed by atoms with E-state index in [1.54, 1.807) is 11.3 Å². The van der Waals surface area contributed by atoms with Gasteiger partial charge in [0, 0.05) is 34.0 Å². The number of fused-ring (bicyclic) bond motifs is 1. The van der Waals surface area contributed by atoms with Gasteiger partial charge in [-0.05, 0) is 39.5 Å². The molecule has 1 aromatic carbocycles. The molecular formula is C19H23Cl2NS. The molecule has 0 aliphatic heterocycles. The van der Waals surface area contributed by atoms with E-state index in [4.69, 9.17) is 11.6 Å². The number of allylic oxidation sites excluding steroid dienone is 1. The fraction of sp³-hybridized carbons (Fsp3) is 0.368. The highest BCUT2D eigenvalue weighted by molar-refractivity contribution is 7.18. The van der Waals surface area contributed by atoms with Gasteiger partial charge in [-0.25, -0.2) is 0 Å². The lowest BCUT2D eigenvalue weighted by atomic mass is 9.98. The van der Waals surface area contributed by atoms with Gasteiger partial charge in [-0.15, -0.1) is 23.7 Å². The quantitative estimate of drug-likeness (QED) is 0.597. The molecule has 2 rings (SSSR count). The maximum Gasteiger partial charge on any atom is 0.0591 e. The van der Waals surface area contributed by atoms with E-state index in [1.807, 2.05) is 11.5 Å². The summed E-state index contributed by atoms with van der Waals surface area (Å²) in [5.74, 6) is 6.31. The Hall–Kier alpha value is -0.980. The second kappa shape index (κ2) is 8.76. The van der Waals surface area contributed by atoms with E-state index < -0.39 is 0 Å². The van der Waals surface area contributed by atoms with Crippen molar-refractivity contribution in [1.29, 1.82) is 0 Å². The Labute approximate surface area is 154 Å². The molecule has 0 saturated heterocycles. The van der Waals surface area contributed by atoms with Crippen LogP contribution in [-0.4, -0.2) is 18.5 Å². The number of halogens is 2. The van der Waals surface area contributed by atoms with Crippen molar-refractivity contribution in [2.75, 3.05) is 13.6 Å². The smallest absolute Gasteiger partial charge is 0.0591 e. The third kappa shape index (κ3) is 6.20. The molecule has 0 fully saturated rings. The minimum atomic E-state index is 0. The normalized spacial score (nSPS) is 11.6. The second-order valence-corrected chi connectivity index (χ2v) is 7.78. The van der Waals surface area contributed by atoms with Crippen LogP contribution in [-0.2, 0) is 6.54 Å². The highest BCUT2D eigenvalue weighted by Crippen LogP contribution is 2.32. The Bertz CT molecular complexity index is 729. The summed E-state index contributed by atoms with van der Waals surface area (Å²) in [6.45, 7) is 8.14. The van der Waals surface area contributed by atoms with Crippen molar-refractivity contribution in [2.45, 2.75) is 27.3 Å². The zero-order valence-electron chi connectivity index (χ0n) is 14.0. The predicted molar refractivity (Wildman–Crippen MR) is 107 cm³/mol. The van der Waals surface area contributed by atoms with E-state index in [0.717, 1.165) is 23.5 Å². The lowest BCUT2D eigenvalue weighted by molar-refractivity contribution is 0.365. The fourth-order valence-electron chi connectivity index (χ4n) is 2.12. The van der Waals surface area contributed by atoms with Crippen LogP contribution >= 0.6 is 35.3 Å². The number of thiophene rings is 1. The second-order valence-electron chi connectivity index (χ2n) is 6.50. The van der Waals surface area contributed by atoms with Gasteiger partial charge in [-0.1, -0.05) is 47.7 Å². The number of benzene rings is 1. The van der Waals surface area contributed by atoms with Crippen LogP contribution in [0.25, 0.3) is 10.1 Å². The Morgan fingerprint density at radius 1 is 1.30 bits per heavy atom. The van der Waals surface area contributed by atoms with Gasteiger partial charge in [0.15, 0.2) is 0 Å². The number of rotatable bonds is 4. The summed E-state index contributed by atoms with van der Waals surface area (Å²) in [7, 11) is 2.12. The molecule has 0 bridgehead atoms. The summed E-state index contributed by atoms with van der Waals surface area (Å²) in [5, 5.41) is 4.02. The molecule has 0 amide bonds. The third-order valence-corrected chi connectivity index (χ3v) is 4.65. The molecule has 2 aromatic rings. The standard InChI is InChI=1S/C19H22ClNS.ClH/c1-19(2,3)11-6-5-7-12-21(4)13-15-9-8-10-16-17(20)14-22-18(15)16;/h5,7-10,14H,12-13H2,1-4H3;1H. The summed E-state index contributed by atoms with van der Waals surface area (Å²) in [4.78, 5) is 2.28. The Morgan fingerprint density at radius 3 is 2.74 bits per heavy atom. The largest absolute Gasteiger partial charge is 0.298 e. The van der Waals surface area contributed by atoms with Gasteiger partial charge in [-0.3, -0.25) is 4.90 Å². The van der Waals surface area contributed by atoms with Gasteiger partial charge in [0.2, 0.25) is 0 Å². The highest BCUT2D eigenvalue weighted by atomic mass is 35.5. The van der Waals surface area contributed by atoms with Gasteiger partial charge in [0.05, 0.1) is 5.02 Å². The monoisotopic (exact) mass is 367 g/mol. The van der Waals surface area contributed by atoms with Crippen LogP contribution in [0.4, 0.5) is 0 Å². The number of likely N-dealkylation sites (N-methyl/N-ethyl adjacent to an activating group) is 1. The van der Waals surface area contributed by atoms with Gasteiger partial charge >= 0.3 is 0 Å². The molecule has 0 atom stereocenters. The number of hydrogen-bond acceptors (Lipinski definition) is 2. The Kier molecular flexibility index (Phi) is 7.64. The lowest BCUT2D eigenvalue weighted by Crippen LogP contribution is -2.17. The molecule has 0 unspecified atom stereocenters. The summed E-state index contributed by atoms with van der Waals surface area (Å²) in [5.41, 5.74) is 1.38.